The van der Waals surface area contributed by atoms with Crippen LogP contribution in [0.2, 0.25) is 5.02 Å². The Balaban J connectivity index is 2.02. The fourth-order valence-electron chi connectivity index (χ4n) is 1.94. The molecule has 0 saturated carbocycles. The lowest BCUT2D eigenvalue weighted by Gasteiger charge is -2.11. The minimum absolute atomic E-state index is 0.0621. The maximum absolute atomic E-state index is 8.80. The van der Waals surface area contributed by atoms with Crippen LogP contribution >= 0.6 is 11.6 Å². The van der Waals surface area contributed by atoms with Gasteiger partial charge in [0.15, 0.2) is 0 Å². The van der Waals surface area contributed by atoms with Crippen LogP contribution in [0.5, 0.6) is 5.75 Å². The first-order valence-electron chi connectivity index (χ1n) is 6.81. The second-order valence-electron chi connectivity index (χ2n) is 4.79. The smallest absolute Gasteiger partial charge is 0.119 e. The summed E-state index contributed by atoms with van der Waals surface area (Å²) in [5, 5.41) is 9.34. The molecule has 2 aromatic rings. The van der Waals surface area contributed by atoms with E-state index in [1.54, 1.807) is 12.1 Å². The van der Waals surface area contributed by atoms with Crippen molar-refractivity contribution in [1.82, 2.24) is 0 Å². The molecule has 0 saturated heterocycles. The first kappa shape index (κ1) is 15.4. The molecule has 0 amide bonds. The fourth-order valence-corrected chi connectivity index (χ4v) is 2.18. The molecule has 0 aliphatic carbocycles. The van der Waals surface area contributed by atoms with E-state index in [0.717, 1.165) is 23.3 Å². The van der Waals surface area contributed by atoms with Gasteiger partial charge in [0, 0.05) is 16.6 Å². The highest BCUT2D eigenvalue weighted by molar-refractivity contribution is 6.31. The summed E-state index contributed by atoms with van der Waals surface area (Å²) in [5.41, 5.74) is 8.47. The van der Waals surface area contributed by atoms with Gasteiger partial charge in [-0.25, -0.2) is 0 Å². The van der Waals surface area contributed by atoms with E-state index in [-0.39, 0.29) is 6.04 Å². The second kappa shape index (κ2) is 7.12. The lowest BCUT2D eigenvalue weighted by Crippen LogP contribution is -2.08. The molecule has 0 heterocycles. The van der Waals surface area contributed by atoms with E-state index in [1.807, 2.05) is 30.3 Å². The van der Waals surface area contributed by atoms with Crippen molar-refractivity contribution in [3.05, 3.63) is 64.2 Å². The standard InChI is InChI=1S/C17H17ClN2O/c1-2-17(20)13-5-7-15(8-6-13)21-11-14-4-3-12(10-19)9-16(14)18/h3-9,17H,2,11,20H2,1H3/t17-/m1/s1. The third-order valence-corrected chi connectivity index (χ3v) is 3.68. The summed E-state index contributed by atoms with van der Waals surface area (Å²) in [7, 11) is 0. The Bertz CT molecular complexity index is 647. The highest BCUT2D eigenvalue weighted by atomic mass is 35.5. The molecule has 1 atom stereocenters. The molecule has 4 heteroatoms. The number of benzene rings is 2. The quantitative estimate of drug-likeness (QED) is 0.900. The Kier molecular flexibility index (Phi) is 5.21. The SMILES string of the molecule is CC[C@@H](N)c1ccc(OCc2ccc(C#N)cc2Cl)cc1. The molecule has 0 aliphatic heterocycles. The van der Waals surface area contributed by atoms with E-state index in [1.165, 1.54) is 0 Å². The van der Waals surface area contributed by atoms with Crippen LogP contribution in [0, 0.1) is 11.3 Å². The molecule has 0 fully saturated rings. The predicted octanol–water partition coefficient (Wildman–Crippen LogP) is 4.20. The Labute approximate surface area is 129 Å². The van der Waals surface area contributed by atoms with E-state index in [0.29, 0.717) is 17.2 Å². The summed E-state index contributed by atoms with van der Waals surface area (Å²) < 4.78 is 5.71. The van der Waals surface area contributed by atoms with Crippen molar-refractivity contribution in [2.45, 2.75) is 26.0 Å². The first-order valence-corrected chi connectivity index (χ1v) is 7.18. The Morgan fingerprint density at radius 3 is 2.52 bits per heavy atom. The van der Waals surface area contributed by atoms with Crippen LogP contribution in [-0.4, -0.2) is 0 Å². The predicted molar refractivity (Wildman–Crippen MR) is 84.2 cm³/mol. The van der Waals surface area contributed by atoms with Crippen LogP contribution in [0.15, 0.2) is 42.5 Å². The number of nitriles is 1. The summed E-state index contributed by atoms with van der Waals surface area (Å²) >= 11 is 6.11. The van der Waals surface area contributed by atoms with Gasteiger partial charge in [-0.15, -0.1) is 0 Å². The summed E-state index contributed by atoms with van der Waals surface area (Å²) in [6.45, 7) is 2.42. The van der Waals surface area contributed by atoms with Gasteiger partial charge in [0.1, 0.15) is 12.4 Å². The van der Waals surface area contributed by atoms with Crippen molar-refractivity contribution in [1.29, 1.82) is 5.26 Å². The van der Waals surface area contributed by atoms with Crippen LogP contribution in [0.4, 0.5) is 0 Å². The molecule has 0 aliphatic rings. The van der Waals surface area contributed by atoms with Crippen molar-refractivity contribution in [2.24, 2.45) is 5.73 Å². The summed E-state index contributed by atoms with van der Waals surface area (Å²) in [6.07, 6.45) is 0.904. The van der Waals surface area contributed by atoms with Crippen molar-refractivity contribution in [3.8, 4) is 11.8 Å². The molecule has 2 rings (SSSR count). The molecule has 0 unspecified atom stereocenters. The molecule has 0 aromatic heterocycles. The largest absolute Gasteiger partial charge is 0.489 e. The molecule has 3 nitrogen and oxygen atoms in total. The summed E-state index contributed by atoms with van der Waals surface area (Å²) in [4.78, 5) is 0. The minimum atomic E-state index is 0.0621. The molecule has 0 radical (unpaired) electrons. The average molecular weight is 301 g/mol. The van der Waals surface area contributed by atoms with Gasteiger partial charge in [-0.05, 0) is 36.2 Å². The molecule has 0 bridgehead atoms. The molecule has 2 aromatic carbocycles. The van der Waals surface area contributed by atoms with Crippen molar-refractivity contribution in [3.63, 3.8) is 0 Å². The number of hydrogen-bond donors (Lipinski definition) is 1. The maximum atomic E-state index is 8.80. The third-order valence-electron chi connectivity index (χ3n) is 3.32. The number of nitrogens with two attached hydrogens (primary N) is 1. The van der Waals surface area contributed by atoms with E-state index >= 15 is 0 Å². The number of nitrogens with zero attached hydrogens (tertiary/aromatic N) is 1. The lowest BCUT2D eigenvalue weighted by molar-refractivity contribution is 0.306. The van der Waals surface area contributed by atoms with Crippen LogP contribution in [-0.2, 0) is 6.61 Å². The van der Waals surface area contributed by atoms with Gasteiger partial charge >= 0.3 is 0 Å². The van der Waals surface area contributed by atoms with E-state index in [2.05, 4.69) is 13.0 Å². The van der Waals surface area contributed by atoms with Crippen molar-refractivity contribution in [2.75, 3.05) is 0 Å². The summed E-state index contributed by atoms with van der Waals surface area (Å²) in [5.74, 6) is 0.766. The Morgan fingerprint density at radius 2 is 1.95 bits per heavy atom. The molecular weight excluding hydrogens is 284 g/mol. The zero-order chi connectivity index (χ0) is 15.2. The van der Waals surface area contributed by atoms with Gasteiger partial charge in [0.05, 0.1) is 11.6 Å². The number of ether oxygens (including phenoxy) is 1. The Morgan fingerprint density at radius 1 is 1.24 bits per heavy atom. The average Bonchev–Trinajstić information content (AvgIpc) is 2.53. The normalized spacial score (nSPS) is 11.7. The minimum Gasteiger partial charge on any atom is -0.489 e. The summed E-state index contributed by atoms with van der Waals surface area (Å²) in [6, 6.07) is 15.1. The van der Waals surface area contributed by atoms with Crippen LogP contribution in [0.25, 0.3) is 0 Å². The number of halogens is 1. The van der Waals surface area contributed by atoms with Gasteiger partial charge in [-0.3, -0.25) is 0 Å². The second-order valence-corrected chi connectivity index (χ2v) is 5.20. The molecule has 21 heavy (non-hydrogen) atoms. The van der Waals surface area contributed by atoms with Gasteiger partial charge in [0.2, 0.25) is 0 Å². The van der Waals surface area contributed by atoms with E-state index < -0.39 is 0 Å². The highest BCUT2D eigenvalue weighted by Crippen LogP contribution is 2.22. The fraction of sp³-hybridized carbons (Fsp3) is 0.235. The number of hydrogen-bond acceptors (Lipinski definition) is 3. The molecule has 2 N–H and O–H groups in total. The van der Waals surface area contributed by atoms with E-state index in [9.17, 15) is 0 Å². The van der Waals surface area contributed by atoms with Crippen LogP contribution in [0.1, 0.15) is 36.1 Å². The number of rotatable bonds is 5. The third kappa shape index (κ3) is 3.98. The first-order chi connectivity index (χ1) is 10.1. The van der Waals surface area contributed by atoms with Gasteiger partial charge in [-0.1, -0.05) is 36.7 Å². The monoisotopic (exact) mass is 300 g/mol. The van der Waals surface area contributed by atoms with Gasteiger partial charge in [0.25, 0.3) is 0 Å². The van der Waals surface area contributed by atoms with Gasteiger partial charge in [-0.2, -0.15) is 5.26 Å². The van der Waals surface area contributed by atoms with Crippen molar-refractivity contribution >= 4 is 11.6 Å². The lowest BCUT2D eigenvalue weighted by atomic mass is 10.1. The van der Waals surface area contributed by atoms with Crippen molar-refractivity contribution < 1.29 is 4.74 Å². The van der Waals surface area contributed by atoms with Gasteiger partial charge < -0.3 is 10.5 Å². The molecular formula is C17H17ClN2O. The van der Waals surface area contributed by atoms with E-state index in [4.69, 9.17) is 27.3 Å². The van der Waals surface area contributed by atoms with Crippen LogP contribution < -0.4 is 10.5 Å². The highest BCUT2D eigenvalue weighted by Gasteiger charge is 2.05. The zero-order valence-electron chi connectivity index (χ0n) is 11.8. The molecule has 108 valence electrons. The van der Waals surface area contributed by atoms with Crippen LogP contribution in [0.3, 0.4) is 0 Å². The Hall–Kier alpha value is -2.02. The maximum Gasteiger partial charge on any atom is 0.119 e. The topological polar surface area (TPSA) is 59.0 Å². The zero-order valence-corrected chi connectivity index (χ0v) is 12.6. The molecule has 0 spiro atoms.